The smallest absolute Gasteiger partial charge is 0.306 e. The van der Waals surface area contributed by atoms with Gasteiger partial charge in [0, 0.05) is 15.6 Å². The van der Waals surface area contributed by atoms with E-state index in [-0.39, 0.29) is 5.97 Å². The number of aromatic amines is 1. The van der Waals surface area contributed by atoms with Crippen LogP contribution in [0.2, 0.25) is 0 Å². The maximum atomic E-state index is 11.3. The Balaban J connectivity index is 2.22. The summed E-state index contributed by atoms with van der Waals surface area (Å²) in [5, 5.41) is 10.1. The quantitative estimate of drug-likeness (QED) is 0.879. The number of fused-ring (bicyclic) bond motifs is 1. The van der Waals surface area contributed by atoms with Gasteiger partial charge in [-0.2, -0.15) is 5.26 Å². The van der Waals surface area contributed by atoms with E-state index >= 15 is 0 Å². The van der Waals surface area contributed by atoms with Crippen molar-refractivity contribution in [3.8, 4) is 6.07 Å². The molecule has 5 heteroatoms. The van der Waals surface area contributed by atoms with Crippen LogP contribution < -0.4 is 0 Å². The molecule has 0 atom stereocenters. The highest BCUT2D eigenvalue weighted by Crippen LogP contribution is 2.25. The number of rotatable bonds is 4. The van der Waals surface area contributed by atoms with E-state index in [0.717, 1.165) is 21.1 Å². The molecule has 2 rings (SSSR count). The van der Waals surface area contributed by atoms with Crippen molar-refractivity contribution < 1.29 is 9.53 Å². The molecule has 4 nitrogen and oxygen atoms in total. The van der Waals surface area contributed by atoms with E-state index in [4.69, 9.17) is 10.00 Å². The molecule has 0 aliphatic rings. The molecule has 1 heterocycles. The van der Waals surface area contributed by atoms with E-state index in [1.54, 1.807) is 13.0 Å². The molecule has 0 aliphatic heterocycles. The molecule has 19 heavy (non-hydrogen) atoms. The van der Waals surface area contributed by atoms with Crippen LogP contribution in [0.25, 0.3) is 10.9 Å². The molecule has 0 unspecified atom stereocenters. The first-order chi connectivity index (χ1) is 9.13. The molecule has 1 N–H and O–H groups in total. The number of H-pyrrole nitrogens is 1. The van der Waals surface area contributed by atoms with Crippen LogP contribution in [-0.4, -0.2) is 17.6 Å². The number of carbonyl (C=O) groups excluding carboxylic acids is 1. The fourth-order valence-corrected chi connectivity index (χ4v) is 2.43. The van der Waals surface area contributed by atoms with Crippen molar-refractivity contribution in [2.75, 3.05) is 6.61 Å². The van der Waals surface area contributed by atoms with Crippen molar-refractivity contribution in [3.05, 3.63) is 33.9 Å². The molecule has 0 spiro atoms. The van der Waals surface area contributed by atoms with Crippen molar-refractivity contribution in [2.24, 2.45) is 0 Å². The van der Waals surface area contributed by atoms with Crippen molar-refractivity contribution in [3.63, 3.8) is 0 Å². The Labute approximate surface area is 119 Å². The van der Waals surface area contributed by atoms with Crippen LogP contribution in [0.3, 0.4) is 0 Å². The number of aryl methyl sites for hydroxylation is 1. The molecule has 0 bridgehead atoms. The maximum Gasteiger partial charge on any atom is 0.306 e. The second kappa shape index (κ2) is 5.89. The van der Waals surface area contributed by atoms with Crippen LogP contribution in [0.1, 0.15) is 24.6 Å². The topological polar surface area (TPSA) is 65.9 Å². The normalized spacial score (nSPS) is 10.4. The van der Waals surface area contributed by atoms with Gasteiger partial charge in [-0.1, -0.05) is 15.9 Å². The molecular weight excluding hydrogens is 308 g/mol. The standard InChI is InChI=1S/C14H13BrN2O2/c1-2-19-13(18)4-3-12-7-9-5-11(15)6-10(8-16)14(9)17-12/h5-7,17H,2-4H2,1H3. The Bertz CT molecular complexity index is 655. The SMILES string of the molecule is CCOC(=O)CCc1cc2cc(Br)cc(C#N)c2[nH]1. The fraction of sp³-hybridized carbons (Fsp3) is 0.286. The molecule has 98 valence electrons. The van der Waals surface area contributed by atoms with Crippen LogP contribution in [0.4, 0.5) is 0 Å². The summed E-state index contributed by atoms with van der Waals surface area (Å²) in [6.07, 6.45) is 0.916. The predicted molar refractivity (Wildman–Crippen MR) is 75.7 cm³/mol. The number of nitrogens with zero attached hydrogens (tertiary/aromatic N) is 1. The minimum absolute atomic E-state index is 0.206. The van der Waals surface area contributed by atoms with Crippen molar-refractivity contribution in [1.82, 2.24) is 4.98 Å². The van der Waals surface area contributed by atoms with Gasteiger partial charge < -0.3 is 9.72 Å². The lowest BCUT2D eigenvalue weighted by Gasteiger charge is -1.99. The lowest BCUT2D eigenvalue weighted by molar-refractivity contribution is -0.143. The molecule has 2 aromatic rings. The molecule has 0 fully saturated rings. The first kappa shape index (κ1) is 13.6. The third-order valence-electron chi connectivity index (χ3n) is 2.77. The van der Waals surface area contributed by atoms with E-state index in [2.05, 4.69) is 27.0 Å². The van der Waals surface area contributed by atoms with Crippen LogP contribution in [0.5, 0.6) is 0 Å². The van der Waals surface area contributed by atoms with E-state index in [1.807, 2.05) is 12.1 Å². The van der Waals surface area contributed by atoms with Gasteiger partial charge in [-0.15, -0.1) is 0 Å². The van der Waals surface area contributed by atoms with E-state index < -0.39 is 0 Å². The van der Waals surface area contributed by atoms with E-state index in [0.29, 0.717) is 25.0 Å². The highest BCUT2D eigenvalue weighted by molar-refractivity contribution is 9.10. The Kier molecular flexibility index (Phi) is 4.23. The second-order valence-electron chi connectivity index (χ2n) is 4.13. The van der Waals surface area contributed by atoms with Crippen molar-refractivity contribution >= 4 is 32.8 Å². The van der Waals surface area contributed by atoms with Gasteiger partial charge in [0.05, 0.1) is 24.1 Å². The molecule has 0 aliphatic carbocycles. The largest absolute Gasteiger partial charge is 0.466 e. The van der Waals surface area contributed by atoms with Gasteiger partial charge in [0.25, 0.3) is 0 Å². The summed E-state index contributed by atoms with van der Waals surface area (Å²) in [6.45, 7) is 2.19. The number of benzene rings is 1. The average molecular weight is 321 g/mol. The summed E-state index contributed by atoms with van der Waals surface area (Å²) in [7, 11) is 0. The molecule has 0 radical (unpaired) electrons. The van der Waals surface area contributed by atoms with Crippen molar-refractivity contribution in [2.45, 2.75) is 19.8 Å². The van der Waals surface area contributed by atoms with E-state index in [1.165, 1.54) is 0 Å². The van der Waals surface area contributed by atoms with Crippen molar-refractivity contribution in [1.29, 1.82) is 5.26 Å². The number of ether oxygens (including phenoxy) is 1. The highest BCUT2D eigenvalue weighted by Gasteiger charge is 2.09. The monoisotopic (exact) mass is 320 g/mol. The summed E-state index contributed by atoms with van der Waals surface area (Å²) in [6, 6.07) is 7.83. The second-order valence-corrected chi connectivity index (χ2v) is 5.04. The third kappa shape index (κ3) is 3.15. The van der Waals surface area contributed by atoms with E-state index in [9.17, 15) is 4.79 Å². The minimum Gasteiger partial charge on any atom is -0.466 e. The number of halogens is 1. The number of carbonyl (C=O) groups is 1. The highest BCUT2D eigenvalue weighted by atomic mass is 79.9. The average Bonchev–Trinajstić information content (AvgIpc) is 2.78. The molecule has 0 amide bonds. The Morgan fingerprint density at radius 2 is 2.26 bits per heavy atom. The minimum atomic E-state index is -0.206. The summed E-state index contributed by atoms with van der Waals surface area (Å²) in [4.78, 5) is 14.5. The summed E-state index contributed by atoms with van der Waals surface area (Å²) in [5.41, 5.74) is 2.33. The molecule has 1 aromatic heterocycles. The molecule has 0 saturated carbocycles. The Morgan fingerprint density at radius 1 is 1.47 bits per heavy atom. The molecule has 0 saturated heterocycles. The summed E-state index contributed by atoms with van der Waals surface area (Å²) >= 11 is 3.38. The first-order valence-corrected chi connectivity index (χ1v) is 6.80. The number of hydrogen-bond acceptors (Lipinski definition) is 3. The first-order valence-electron chi connectivity index (χ1n) is 6.01. The maximum absolute atomic E-state index is 11.3. The van der Waals surface area contributed by atoms with Gasteiger partial charge >= 0.3 is 5.97 Å². The zero-order valence-electron chi connectivity index (χ0n) is 10.5. The van der Waals surface area contributed by atoms with Gasteiger partial charge in [0.2, 0.25) is 0 Å². The number of hydrogen-bond donors (Lipinski definition) is 1. The number of aromatic nitrogens is 1. The number of nitrogens with one attached hydrogen (secondary N) is 1. The fourth-order valence-electron chi connectivity index (χ4n) is 1.96. The molecular formula is C14H13BrN2O2. The van der Waals surface area contributed by atoms with Gasteiger partial charge in [-0.25, -0.2) is 0 Å². The Morgan fingerprint density at radius 3 is 2.95 bits per heavy atom. The van der Waals surface area contributed by atoms with Gasteiger partial charge in [0.1, 0.15) is 6.07 Å². The zero-order valence-corrected chi connectivity index (χ0v) is 12.1. The zero-order chi connectivity index (χ0) is 13.8. The van der Waals surface area contributed by atoms with Gasteiger partial charge in [-0.3, -0.25) is 4.79 Å². The van der Waals surface area contributed by atoms with Crippen LogP contribution in [0.15, 0.2) is 22.7 Å². The van der Waals surface area contributed by atoms with Crippen LogP contribution >= 0.6 is 15.9 Å². The van der Waals surface area contributed by atoms with Crippen LogP contribution in [-0.2, 0) is 16.0 Å². The lowest BCUT2D eigenvalue weighted by atomic mass is 10.1. The Hall–Kier alpha value is -1.80. The summed E-state index contributed by atoms with van der Waals surface area (Å²) < 4.78 is 5.76. The number of esters is 1. The van der Waals surface area contributed by atoms with Gasteiger partial charge in [0.15, 0.2) is 0 Å². The predicted octanol–water partition coefficient (Wildman–Crippen LogP) is 3.30. The van der Waals surface area contributed by atoms with Crippen LogP contribution in [0, 0.1) is 11.3 Å². The number of nitriles is 1. The molecule has 1 aromatic carbocycles. The summed E-state index contributed by atoms with van der Waals surface area (Å²) in [5.74, 6) is -0.206. The third-order valence-corrected chi connectivity index (χ3v) is 3.23. The lowest BCUT2D eigenvalue weighted by Crippen LogP contribution is -2.05. The van der Waals surface area contributed by atoms with Gasteiger partial charge in [-0.05, 0) is 31.5 Å².